The van der Waals surface area contributed by atoms with E-state index in [4.69, 9.17) is 27.6 Å². The predicted molar refractivity (Wildman–Crippen MR) is 73.8 cm³/mol. The summed E-state index contributed by atoms with van der Waals surface area (Å²) < 4.78 is 5.43. The molecule has 0 bridgehead atoms. The fourth-order valence-corrected chi connectivity index (χ4v) is 2.14. The third-order valence-corrected chi connectivity index (χ3v) is 3.51. The van der Waals surface area contributed by atoms with Crippen molar-refractivity contribution in [3.05, 3.63) is 21.6 Å². The van der Waals surface area contributed by atoms with Crippen LogP contribution in [0.4, 0.5) is 0 Å². The van der Waals surface area contributed by atoms with Gasteiger partial charge in [-0.05, 0) is 20.8 Å². The summed E-state index contributed by atoms with van der Waals surface area (Å²) in [4.78, 5) is 22.2. The maximum atomic E-state index is 12.4. The summed E-state index contributed by atoms with van der Waals surface area (Å²) in [5.74, 6) is 0.319. The lowest BCUT2D eigenvalue weighted by Crippen LogP contribution is -2.30. The summed E-state index contributed by atoms with van der Waals surface area (Å²) in [5, 5.41) is 0.119. The van der Waals surface area contributed by atoms with Crippen LogP contribution in [-0.2, 0) is 0 Å². The summed E-state index contributed by atoms with van der Waals surface area (Å²) in [6, 6.07) is 0. The summed E-state index contributed by atoms with van der Waals surface area (Å²) in [6.07, 6.45) is 0. The molecule has 102 valence electrons. The molecule has 0 aliphatic rings. The molecule has 0 fully saturated rings. The van der Waals surface area contributed by atoms with Gasteiger partial charge in [0.05, 0.1) is 0 Å². The van der Waals surface area contributed by atoms with E-state index in [9.17, 15) is 4.79 Å². The SMILES string of the molecule is CCN(CC)C(=O)c1c(C)oc2nc(Cl)c(Cl)nc12. The number of carbonyl (C=O) groups is 1. The highest BCUT2D eigenvalue weighted by molar-refractivity contribution is 6.40. The van der Waals surface area contributed by atoms with Crippen LogP contribution in [-0.4, -0.2) is 33.9 Å². The minimum absolute atomic E-state index is 0.0589. The molecule has 0 spiro atoms. The number of hydrogen-bond donors (Lipinski definition) is 0. The van der Waals surface area contributed by atoms with Crippen molar-refractivity contribution in [2.24, 2.45) is 0 Å². The highest BCUT2D eigenvalue weighted by Crippen LogP contribution is 2.28. The van der Waals surface area contributed by atoms with Crippen LogP contribution in [0, 0.1) is 6.92 Å². The number of fused-ring (bicyclic) bond motifs is 1. The van der Waals surface area contributed by atoms with Crippen LogP contribution >= 0.6 is 23.2 Å². The third-order valence-electron chi connectivity index (χ3n) is 2.89. The molecule has 0 radical (unpaired) electrons. The molecule has 2 heterocycles. The van der Waals surface area contributed by atoms with Gasteiger partial charge in [-0.1, -0.05) is 23.2 Å². The second kappa shape index (κ2) is 5.35. The van der Waals surface area contributed by atoms with E-state index in [1.165, 1.54) is 0 Å². The fourth-order valence-electron chi connectivity index (χ4n) is 1.90. The average Bonchev–Trinajstić information content (AvgIpc) is 2.66. The molecule has 0 saturated carbocycles. The minimum Gasteiger partial charge on any atom is -0.441 e. The number of furan rings is 1. The Balaban J connectivity index is 2.63. The molecule has 2 rings (SSSR count). The van der Waals surface area contributed by atoms with E-state index in [0.717, 1.165) is 0 Å². The largest absolute Gasteiger partial charge is 0.441 e. The highest BCUT2D eigenvalue weighted by Gasteiger charge is 2.24. The van der Waals surface area contributed by atoms with Crippen molar-refractivity contribution in [2.45, 2.75) is 20.8 Å². The normalized spacial score (nSPS) is 11.0. The van der Waals surface area contributed by atoms with Crippen molar-refractivity contribution in [3.8, 4) is 0 Å². The van der Waals surface area contributed by atoms with Gasteiger partial charge in [-0.2, -0.15) is 4.98 Å². The first kappa shape index (κ1) is 14.1. The number of carbonyl (C=O) groups excluding carboxylic acids is 1. The Morgan fingerprint density at radius 3 is 2.37 bits per heavy atom. The molecule has 19 heavy (non-hydrogen) atoms. The van der Waals surface area contributed by atoms with Gasteiger partial charge in [0, 0.05) is 13.1 Å². The van der Waals surface area contributed by atoms with Gasteiger partial charge in [0.1, 0.15) is 16.8 Å². The molecule has 0 saturated heterocycles. The lowest BCUT2D eigenvalue weighted by molar-refractivity contribution is 0.0773. The molecule has 2 aromatic heterocycles. The number of nitrogens with zero attached hydrogens (tertiary/aromatic N) is 3. The third kappa shape index (κ3) is 2.40. The summed E-state index contributed by atoms with van der Waals surface area (Å²) in [5.41, 5.74) is 0.968. The monoisotopic (exact) mass is 301 g/mol. The van der Waals surface area contributed by atoms with E-state index in [0.29, 0.717) is 29.9 Å². The van der Waals surface area contributed by atoms with Crippen molar-refractivity contribution < 1.29 is 9.21 Å². The van der Waals surface area contributed by atoms with Crippen LogP contribution in [0.1, 0.15) is 30.0 Å². The highest BCUT2D eigenvalue weighted by atomic mass is 35.5. The number of aryl methyl sites for hydroxylation is 1. The maximum absolute atomic E-state index is 12.4. The van der Waals surface area contributed by atoms with Crippen LogP contribution in [0.2, 0.25) is 10.3 Å². The Hall–Kier alpha value is -1.33. The first-order valence-electron chi connectivity index (χ1n) is 5.91. The maximum Gasteiger partial charge on any atom is 0.259 e. The van der Waals surface area contributed by atoms with Gasteiger partial charge < -0.3 is 9.32 Å². The first-order valence-corrected chi connectivity index (χ1v) is 6.66. The van der Waals surface area contributed by atoms with Crippen molar-refractivity contribution in [3.63, 3.8) is 0 Å². The first-order chi connectivity index (χ1) is 8.99. The molecule has 0 aliphatic carbocycles. The second-order valence-corrected chi connectivity index (χ2v) is 4.69. The minimum atomic E-state index is -0.145. The molecular weight excluding hydrogens is 289 g/mol. The van der Waals surface area contributed by atoms with Gasteiger partial charge in [0.25, 0.3) is 5.91 Å². The lowest BCUT2D eigenvalue weighted by Gasteiger charge is -2.17. The molecule has 2 aromatic rings. The van der Waals surface area contributed by atoms with E-state index >= 15 is 0 Å². The zero-order valence-corrected chi connectivity index (χ0v) is 12.3. The van der Waals surface area contributed by atoms with Crippen LogP contribution in [0.25, 0.3) is 11.2 Å². The molecule has 5 nitrogen and oxygen atoms in total. The molecule has 7 heteroatoms. The van der Waals surface area contributed by atoms with Gasteiger partial charge in [0.15, 0.2) is 10.3 Å². The Bertz CT molecular complexity index is 635. The van der Waals surface area contributed by atoms with Crippen molar-refractivity contribution in [2.75, 3.05) is 13.1 Å². The molecule has 1 amide bonds. The quantitative estimate of drug-likeness (QED) is 0.872. The van der Waals surface area contributed by atoms with E-state index < -0.39 is 0 Å². The fraction of sp³-hybridized carbons (Fsp3) is 0.417. The smallest absolute Gasteiger partial charge is 0.259 e. The van der Waals surface area contributed by atoms with Crippen LogP contribution < -0.4 is 0 Å². The molecule has 0 atom stereocenters. The summed E-state index contributed by atoms with van der Waals surface area (Å²) >= 11 is 11.6. The van der Waals surface area contributed by atoms with E-state index in [2.05, 4.69) is 9.97 Å². The van der Waals surface area contributed by atoms with Gasteiger partial charge >= 0.3 is 0 Å². The lowest BCUT2D eigenvalue weighted by atomic mass is 10.2. The molecule has 0 aromatic carbocycles. The van der Waals surface area contributed by atoms with Crippen LogP contribution in [0.5, 0.6) is 0 Å². The number of halogens is 2. The second-order valence-electron chi connectivity index (χ2n) is 3.97. The molecular formula is C12H13Cl2N3O2. The summed E-state index contributed by atoms with van der Waals surface area (Å²) in [7, 11) is 0. The van der Waals surface area contributed by atoms with Gasteiger partial charge in [-0.15, -0.1) is 0 Å². The number of rotatable bonds is 3. The number of aromatic nitrogens is 2. The Morgan fingerprint density at radius 2 is 1.79 bits per heavy atom. The van der Waals surface area contributed by atoms with Gasteiger partial charge in [0.2, 0.25) is 5.71 Å². The van der Waals surface area contributed by atoms with Crippen LogP contribution in [0.3, 0.4) is 0 Å². The summed E-state index contributed by atoms with van der Waals surface area (Å²) in [6.45, 7) is 6.73. The average molecular weight is 302 g/mol. The van der Waals surface area contributed by atoms with Crippen molar-refractivity contribution in [1.29, 1.82) is 0 Å². The standard InChI is InChI=1S/C12H13Cl2N3O2/c1-4-17(5-2)12(18)7-6(3)19-11-8(7)15-9(13)10(14)16-11/h4-5H2,1-3H3. The van der Waals surface area contributed by atoms with E-state index in [-0.39, 0.29) is 21.9 Å². The number of amides is 1. The van der Waals surface area contributed by atoms with Crippen molar-refractivity contribution in [1.82, 2.24) is 14.9 Å². The number of hydrogen-bond acceptors (Lipinski definition) is 4. The molecule has 0 aliphatic heterocycles. The predicted octanol–water partition coefficient (Wildman–Crippen LogP) is 3.32. The zero-order chi connectivity index (χ0) is 14.2. The zero-order valence-electron chi connectivity index (χ0n) is 10.8. The Kier molecular flexibility index (Phi) is 3.96. The topological polar surface area (TPSA) is 59.2 Å². The Morgan fingerprint density at radius 1 is 1.21 bits per heavy atom. The van der Waals surface area contributed by atoms with Crippen molar-refractivity contribution >= 4 is 40.3 Å². The van der Waals surface area contributed by atoms with Gasteiger partial charge in [-0.3, -0.25) is 4.79 Å². The Labute approximate surface area is 120 Å². The van der Waals surface area contributed by atoms with E-state index in [1.807, 2.05) is 13.8 Å². The van der Waals surface area contributed by atoms with Crippen LogP contribution in [0.15, 0.2) is 4.42 Å². The van der Waals surface area contributed by atoms with E-state index in [1.54, 1.807) is 11.8 Å². The molecule has 0 unspecified atom stereocenters. The molecule has 0 N–H and O–H groups in total. The van der Waals surface area contributed by atoms with Gasteiger partial charge in [-0.25, -0.2) is 4.98 Å².